The minimum atomic E-state index is -3.25. The lowest BCUT2D eigenvalue weighted by Gasteiger charge is -2.43. The van der Waals surface area contributed by atoms with E-state index in [0.717, 1.165) is 5.56 Å². The highest BCUT2D eigenvalue weighted by molar-refractivity contribution is 7.54. The average molecular weight is 549 g/mol. The van der Waals surface area contributed by atoms with Crippen LogP contribution in [0.25, 0.3) is 0 Å². The highest BCUT2D eigenvalue weighted by Crippen LogP contribution is 2.59. The van der Waals surface area contributed by atoms with E-state index in [1.54, 1.807) is 0 Å². The van der Waals surface area contributed by atoms with Gasteiger partial charge in [-0.1, -0.05) is 90.1 Å². The number of rotatable bonds is 6. The third-order valence-corrected chi connectivity index (χ3v) is 10.9. The van der Waals surface area contributed by atoms with Crippen molar-refractivity contribution >= 4 is 15.2 Å². The molecule has 2 aromatic rings. The zero-order valence-corrected chi connectivity index (χ0v) is 24.9. The van der Waals surface area contributed by atoms with Crippen molar-refractivity contribution in [2.24, 2.45) is 5.41 Å². The van der Waals surface area contributed by atoms with E-state index in [1.165, 1.54) is 16.7 Å². The van der Waals surface area contributed by atoms with Crippen LogP contribution in [0.1, 0.15) is 63.8 Å². The third kappa shape index (κ3) is 7.24. The molecular weight excluding hydrogens is 506 g/mol. The summed E-state index contributed by atoms with van der Waals surface area (Å²) in [4.78, 5) is 0. The Morgan fingerprint density at radius 3 is 1.70 bits per heavy atom. The van der Waals surface area contributed by atoms with Crippen molar-refractivity contribution in [2.75, 3.05) is 38.8 Å². The van der Waals surface area contributed by atoms with E-state index in [1.807, 2.05) is 30.3 Å². The lowest BCUT2D eigenvalue weighted by Crippen LogP contribution is -2.46. The van der Waals surface area contributed by atoms with Gasteiger partial charge in [-0.05, 0) is 45.9 Å². The van der Waals surface area contributed by atoms with E-state index < -0.39 is 20.6 Å². The Bertz CT molecular complexity index is 1150. The molecule has 4 rings (SSSR count). The van der Waals surface area contributed by atoms with Crippen molar-refractivity contribution in [3.05, 3.63) is 70.8 Å². The molecule has 2 fully saturated rings. The van der Waals surface area contributed by atoms with Crippen molar-refractivity contribution in [2.45, 2.75) is 65.2 Å². The van der Waals surface area contributed by atoms with Crippen LogP contribution in [0.2, 0.25) is 0 Å². The molecule has 6 nitrogen and oxygen atoms in total. The average Bonchev–Trinajstić information content (AvgIpc) is 2.85. The van der Waals surface area contributed by atoms with Crippen LogP contribution in [-0.2, 0) is 50.9 Å². The van der Waals surface area contributed by atoms with Crippen LogP contribution >= 0.6 is 15.2 Å². The maximum Gasteiger partial charge on any atom is 0.331 e. The van der Waals surface area contributed by atoms with Gasteiger partial charge in [-0.15, -0.1) is 0 Å². The van der Waals surface area contributed by atoms with Crippen LogP contribution in [0.15, 0.2) is 48.5 Å². The van der Waals surface area contributed by atoms with Crippen molar-refractivity contribution in [3.63, 3.8) is 0 Å². The van der Waals surface area contributed by atoms with Gasteiger partial charge in [0.15, 0.2) is 0 Å². The molecule has 0 aliphatic carbocycles. The first kappa shape index (κ1) is 28.7. The fourth-order valence-corrected chi connectivity index (χ4v) is 8.25. The number of benzene rings is 2. The van der Waals surface area contributed by atoms with Crippen LogP contribution in [0, 0.1) is 5.41 Å². The van der Waals surface area contributed by atoms with Crippen LogP contribution in [-0.4, -0.2) is 38.8 Å². The zero-order chi connectivity index (χ0) is 27.0. The van der Waals surface area contributed by atoms with Gasteiger partial charge in [0.05, 0.1) is 44.2 Å². The van der Waals surface area contributed by atoms with E-state index in [2.05, 4.69) is 59.7 Å². The van der Waals surface area contributed by atoms with Gasteiger partial charge < -0.3 is 18.1 Å². The van der Waals surface area contributed by atoms with Gasteiger partial charge >= 0.3 is 15.2 Å². The van der Waals surface area contributed by atoms with Crippen molar-refractivity contribution < 1.29 is 27.2 Å². The molecule has 1 spiro atoms. The molecule has 2 aliphatic rings. The summed E-state index contributed by atoms with van der Waals surface area (Å²) in [6.45, 7) is 14.1. The fraction of sp³-hybridized carbons (Fsp3) is 0.586. The first-order valence-corrected chi connectivity index (χ1v) is 16.6. The predicted octanol–water partition coefficient (Wildman–Crippen LogP) is 7.53. The molecule has 8 heteroatoms. The molecular formula is C29H42O6P2. The largest absolute Gasteiger partial charge is 0.331 e. The Labute approximate surface area is 222 Å². The Kier molecular flexibility index (Phi) is 8.33. The summed E-state index contributed by atoms with van der Waals surface area (Å²) in [7, 11) is -6.43. The summed E-state index contributed by atoms with van der Waals surface area (Å²) in [5, 5.41) is 0. The highest BCUT2D eigenvalue weighted by Gasteiger charge is 2.48. The minimum absolute atomic E-state index is 0.0331. The second-order valence-electron chi connectivity index (χ2n) is 12.6. The fourth-order valence-electron chi connectivity index (χ4n) is 4.65. The van der Waals surface area contributed by atoms with Gasteiger partial charge in [-0.2, -0.15) is 0 Å². The summed E-state index contributed by atoms with van der Waals surface area (Å²) in [5.74, 6) is 0. The smallest absolute Gasteiger partial charge is 0.308 e. The van der Waals surface area contributed by atoms with Gasteiger partial charge in [-0.25, -0.2) is 0 Å². The second-order valence-corrected chi connectivity index (χ2v) is 17.0. The molecule has 0 N–H and O–H groups in total. The Morgan fingerprint density at radius 2 is 1.22 bits per heavy atom. The minimum Gasteiger partial charge on any atom is -0.308 e. The molecule has 204 valence electrons. The Balaban J connectivity index is 1.33. The van der Waals surface area contributed by atoms with Crippen LogP contribution < -0.4 is 0 Å². The van der Waals surface area contributed by atoms with Crippen LogP contribution in [0.3, 0.4) is 0 Å². The molecule has 0 amide bonds. The number of aryl methyl sites for hydroxylation is 2. The molecule has 2 aliphatic heterocycles. The van der Waals surface area contributed by atoms with Crippen molar-refractivity contribution in [3.8, 4) is 0 Å². The van der Waals surface area contributed by atoms with Crippen LogP contribution in [0.5, 0.6) is 0 Å². The first-order valence-electron chi connectivity index (χ1n) is 13.2. The lowest BCUT2D eigenvalue weighted by atomic mass is 9.78. The van der Waals surface area contributed by atoms with Gasteiger partial charge in [0, 0.05) is 0 Å². The monoisotopic (exact) mass is 548 g/mol. The topological polar surface area (TPSA) is 71.1 Å². The van der Waals surface area contributed by atoms with Gasteiger partial charge in [0.2, 0.25) is 0 Å². The van der Waals surface area contributed by atoms with E-state index in [9.17, 15) is 9.13 Å². The summed E-state index contributed by atoms with van der Waals surface area (Å²) in [5.41, 5.74) is 4.27. The van der Waals surface area contributed by atoms with E-state index >= 15 is 0 Å². The van der Waals surface area contributed by atoms with Gasteiger partial charge in [-0.3, -0.25) is 9.13 Å². The van der Waals surface area contributed by atoms with E-state index in [-0.39, 0.29) is 37.3 Å². The molecule has 0 atom stereocenters. The van der Waals surface area contributed by atoms with E-state index in [0.29, 0.717) is 25.2 Å². The van der Waals surface area contributed by atoms with E-state index in [4.69, 9.17) is 18.1 Å². The lowest BCUT2D eigenvalue weighted by molar-refractivity contribution is -0.0683. The maximum absolute atomic E-state index is 13.4. The number of hydrogen-bond acceptors (Lipinski definition) is 6. The summed E-state index contributed by atoms with van der Waals surface area (Å²) in [6, 6.07) is 16.5. The second kappa shape index (κ2) is 10.7. The first-order chi connectivity index (χ1) is 17.2. The highest BCUT2D eigenvalue weighted by atomic mass is 31.2. The standard InChI is InChI=1S/C29H42O6P2/c1-27(2,3)25-13-12-24(26(18-25)28(4,5)6)15-17-37(31)34-21-29(22-35-37)19-32-36(30,33-20-29)16-14-23-10-8-7-9-11-23/h7-13,18H,14-17,19-22H2,1-6H3. The molecule has 0 saturated carbocycles. The van der Waals surface area contributed by atoms with Crippen molar-refractivity contribution in [1.82, 2.24) is 0 Å². The number of hydrogen-bond donors (Lipinski definition) is 0. The SMILES string of the molecule is CC(C)(C)c1ccc(CCP2(=O)OCC3(COP(=O)(CCc4ccccc4)OC3)CO2)c(C(C)(C)C)c1. The maximum atomic E-state index is 13.4. The molecule has 2 saturated heterocycles. The molecule has 2 aromatic carbocycles. The summed E-state index contributed by atoms with van der Waals surface area (Å²) < 4.78 is 49.7. The van der Waals surface area contributed by atoms with Crippen molar-refractivity contribution in [1.29, 1.82) is 0 Å². The Morgan fingerprint density at radius 1 is 0.703 bits per heavy atom. The molecule has 0 radical (unpaired) electrons. The molecule has 37 heavy (non-hydrogen) atoms. The molecule has 0 bridgehead atoms. The summed E-state index contributed by atoms with van der Waals surface area (Å²) in [6.07, 6.45) is 1.89. The normalized spacial score (nSPS) is 28.9. The Hall–Kier alpha value is -1.26. The summed E-state index contributed by atoms with van der Waals surface area (Å²) >= 11 is 0. The third-order valence-electron chi connectivity index (χ3n) is 7.23. The van der Waals surface area contributed by atoms with Gasteiger partial charge in [0.1, 0.15) is 0 Å². The molecule has 0 unspecified atom stereocenters. The zero-order valence-electron chi connectivity index (χ0n) is 23.1. The molecule has 2 heterocycles. The predicted molar refractivity (Wildman–Crippen MR) is 149 cm³/mol. The molecule has 0 aromatic heterocycles. The van der Waals surface area contributed by atoms with Crippen LogP contribution in [0.4, 0.5) is 0 Å². The van der Waals surface area contributed by atoms with Gasteiger partial charge in [0.25, 0.3) is 0 Å². The quantitative estimate of drug-likeness (QED) is 0.348.